The molecule has 0 aliphatic carbocycles. The summed E-state index contributed by atoms with van der Waals surface area (Å²) in [5, 5.41) is 0. The first-order chi connectivity index (χ1) is 10.9. The molecular weight excluding hydrogens is 276 g/mol. The van der Waals surface area contributed by atoms with Crippen molar-refractivity contribution in [3.05, 3.63) is 54.1 Å². The van der Waals surface area contributed by atoms with Gasteiger partial charge in [-0.2, -0.15) is 0 Å². The average Bonchev–Trinajstić information content (AvgIpc) is 3.18. The molecule has 2 aliphatic rings. The maximum absolute atomic E-state index is 6.01. The Labute approximate surface area is 130 Å². The van der Waals surface area contributed by atoms with Crippen LogP contribution in [0.5, 0.6) is 0 Å². The molecule has 0 saturated carbocycles. The third-order valence-corrected chi connectivity index (χ3v) is 4.65. The summed E-state index contributed by atoms with van der Waals surface area (Å²) in [5.74, 6) is 1.04. The van der Waals surface area contributed by atoms with Gasteiger partial charge in [-0.15, -0.1) is 0 Å². The number of aromatic nitrogens is 2. The number of benzene rings is 1. The van der Waals surface area contributed by atoms with Gasteiger partial charge in [-0.1, -0.05) is 30.3 Å². The average molecular weight is 298 g/mol. The lowest BCUT2D eigenvalue weighted by Gasteiger charge is -2.37. The van der Waals surface area contributed by atoms with E-state index in [0.29, 0.717) is 12.1 Å². The number of H-pyrrole nitrogens is 1. The van der Waals surface area contributed by atoms with E-state index < -0.39 is 0 Å². The summed E-state index contributed by atoms with van der Waals surface area (Å²) >= 11 is 0. The number of rotatable bonds is 4. The summed E-state index contributed by atoms with van der Waals surface area (Å²) in [4.78, 5) is 12.5. The quantitative estimate of drug-likeness (QED) is 0.929. The van der Waals surface area contributed by atoms with Crippen LogP contribution in [0.2, 0.25) is 0 Å². The van der Waals surface area contributed by atoms with Crippen LogP contribution in [0.25, 0.3) is 0 Å². The number of nitrogens with one attached hydrogen (secondary N) is 1. The van der Waals surface area contributed by atoms with Crippen LogP contribution >= 0.6 is 0 Å². The molecule has 0 bridgehead atoms. The lowest BCUT2D eigenvalue weighted by Crippen LogP contribution is -2.50. The van der Waals surface area contributed by atoms with Crippen molar-refractivity contribution in [1.82, 2.24) is 19.8 Å². The van der Waals surface area contributed by atoms with Crippen LogP contribution in [0, 0.1) is 0 Å². The summed E-state index contributed by atoms with van der Waals surface area (Å²) in [6.07, 6.45) is 4.03. The molecule has 1 aromatic carbocycles. The fraction of sp³-hybridized carbons (Fsp3) is 0.471. The zero-order valence-corrected chi connectivity index (χ0v) is 12.7. The number of nitrogens with zero attached hydrogens (tertiary/aromatic N) is 3. The number of aromatic amines is 1. The number of morpholine rings is 1. The van der Waals surface area contributed by atoms with Crippen molar-refractivity contribution < 1.29 is 4.74 Å². The third kappa shape index (κ3) is 2.92. The van der Waals surface area contributed by atoms with E-state index in [1.807, 2.05) is 12.4 Å². The van der Waals surface area contributed by atoms with Gasteiger partial charge in [0.15, 0.2) is 0 Å². The molecule has 5 nitrogen and oxygen atoms in total. The maximum atomic E-state index is 6.01. The van der Waals surface area contributed by atoms with Gasteiger partial charge in [-0.3, -0.25) is 9.80 Å². The third-order valence-electron chi connectivity index (χ3n) is 4.65. The Morgan fingerprint density at radius 3 is 2.91 bits per heavy atom. The standard InChI is InChI=1S/C17H22N4O/c1-2-4-14(5-3-1)10-21-8-9-22-16-12-20(11-15(16)21)13-17-18-6-7-19-17/h1-7,15-16H,8-13H2,(H,18,19)/t15-,16+/m0/s1. The Morgan fingerprint density at radius 1 is 1.18 bits per heavy atom. The van der Waals surface area contributed by atoms with E-state index in [9.17, 15) is 0 Å². The summed E-state index contributed by atoms with van der Waals surface area (Å²) in [5.41, 5.74) is 1.38. The lowest BCUT2D eigenvalue weighted by molar-refractivity contribution is -0.0504. The van der Waals surface area contributed by atoms with E-state index in [4.69, 9.17) is 4.74 Å². The van der Waals surface area contributed by atoms with Gasteiger partial charge in [0.1, 0.15) is 5.82 Å². The van der Waals surface area contributed by atoms with Gasteiger partial charge in [-0.05, 0) is 5.56 Å². The number of ether oxygens (including phenoxy) is 1. The monoisotopic (exact) mass is 298 g/mol. The Hall–Kier alpha value is -1.69. The van der Waals surface area contributed by atoms with E-state index in [1.54, 1.807) is 0 Å². The minimum atomic E-state index is 0.326. The largest absolute Gasteiger partial charge is 0.374 e. The highest BCUT2D eigenvalue weighted by atomic mass is 16.5. The molecule has 0 amide bonds. The van der Waals surface area contributed by atoms with E-state index >= 15 is 0 Å². The smallest absolute Gasteiger partial charge is 0.120 e. The fourth-order valence-corrected chi connectivity index (χ4v) is 3.57. The normalized spacial score (nSPS) is 26.2. The molecule has 2 fully saturated rings. The van der Waals surface area contributed by atoms with Crippen LogP contribution in [0.4, 0.5) is 0 Å². The first-order valence-corrected chi connectivity index (χ1v) is 7.99. The molecule has 2 atom stereocenters. The molecule has 2 aliphatic heterocycles. The van der Waals surface area contributed by atoms with Crippen LogP contribution < -0.4 is 0 Å². The van der Waals surface area contributed by atoms with Crippen molar-refractivity contribution in [2.45, 2.75) is 25.2 Å². The fourth-order valence-electron chi connectivity index (χ4n) is 3.57. The Morgan fingerprint density at radius 2 is 2.09 bits per heavy atom. The number of hydrogen-bond donors (Lipinski definition) is 1. The highest BCUT2D eigenvalue weighted by molar-refractivity contribution is 5.15. The number of hydrogen-bond acceptors (Lipinski definition) is 4. The van der Waals surface area contributed by atoms with E-state index in [0.717, 1.165) is 45.2 Å². The molecular formula is C17H22N4O. The Kier molecular flexibility index (Phi) is 3.93. The van der Waals surface area contributed by atoms with Crippen molar-refractivity contribution >= 4 is 0 Å². The number of likely N-dealkylation sites (tertiary alicyclic amines) is 1. The second-order valence-corrected chi connectivity index (χ2v) is 6.16. The van der Waals surface area contributed by atoms with Gasteiger partial charge in [0.2, 0.25) is 0 Å². The van der Waals surface area contributed by atoms with Gasteiger partial charge in [0.05, 0.1) is 25.3 Å². The second kappa shape index (κ2) is 6.20. The van der Waals surface area contributed by atoms with Crippen LogP contribution in [0.15, 0.2) is 42.7 Å². The van der Waals surface area contributed by atoms with Gasteiger partial charge in [-0.25, -0.2) is 4.98 Å². The van der Waals surface area contributed by atoms with Crippen molar-refractivity contribution in [1.29, 1.82) is 0 Å². The molecule has 116 valence electrons. The van der Waals surface area contributed by atoms with Crippen LogP contribution in [0.3, 0.4) is 0 Å². The molecule has 0 unspecified atom stereocenters. The number of imidazole rings is 1. The molecule has 3 heterocycles. The summed E-state index contributed by atoms with van der Waals surface area (Å²) < 4.78 is 6.01. The zero-order valence-electron chi connectivity index (χ0n) is 12.7. The minimum Gasteiger partial charge on any atom is -0.374 e. The van der Waals surface area contributed by atoms with Crippen LogP contribution in [-0.4, -0.2) is 58.2 Å². The summed E-state index contributed by atoms with van der Waals surface area (Å²) in [6, 6.07) is 11.2. The molecule has 0 spiro atoms. The lowest BCUT2D eigenvalue weighted by atomic mass is 10.1. The highest BCUT2D eigenvalue weighted by Gasteiger charge is 2.39. The van der Waals surface area contributed by atoms with Gasteiger partial charge >= 0.3 is 0 Å². The second-order valence-electron chi connectivity index (χ2n) is 6.16. The summed E-state index contributed by atoms with van der Waals surface area (Å²) in [7, 11) is 0. The Balaban J connectivity index is 1.42. The predicted octanol–water partition coefficient (Wildman–Crippen LogP) is 1.49. The van der Waals surface area contributed by atoms with Crippen LogP contribution in [-0.2, 0) is 17.8 Å². The van der Waals surface area contributed by atoms with Crippen molar-refractivity contribution in [3.63, 3.8) is 0 Å². The van der Waals surface area contributed by atoms with Crippen molar-refractivity contribution in [2.24, 2.45) is 0 Å². The number of fused-ring (bicyclic) bond motifs is 1. The first kappa shape index (κ1) is 13.9. The van der Waals surface area contributed by atoms with Crippen molar-refractivity contribution in [3.8, 4) is 0 Å². The van der Waals surface area contributed by atoms with Crippen molar-refractivity contribution in [2.75, 3.05) is 26.2 Å². The van der Waals surface area contributed by atoms with Gasteiger partial charge < -0.3 is 9.72 Å². The summed E-state index contributed by atoms with van der Waals surface area (Å²) in [6.45, 7) is 5.80. The van der Waals surface area contributed by atoms with E-state index in [2.05, 4.69) is 50.1 Å². The highest BCUT2D eigenvalue weighted by Crippen LogP contribution is 2.25. The van der Waals surface area contributed by atoms with Gasteiger partial charge in [0, 0.05) is 38.6 Å². The van der Waals surface area contributed by atoms with Gasteiger partial charge in [0.25, 0.3) is 0 Å². The molecule has 1 aromatic heterocycles. The maximum Gasteiger partial charge on any atom is 0.120 e. The predicted molar refractivity (Wildman–Crippen MR) is 84.2 cm³/mol. The Bertz CT molecular complexity index is 586. The first-order valence-electron chi connectivity index (χ1n) is 7.99. The zero-order chi connectivity index (χ0) is 14.8. The molecule has 22 heavy (non-hydrogen) atoms. The van der Waals surface area contributed by atoms with Crippen LogP contribution in [0.1, 0.15) is 11.4 Å². The molecule has 1 N–H and O–H groups in total. The molecule has 4 rings (SSSR count). The molecule has 2 saturated heterocycles. The molecule has 5 heteroatoms. The topological polar surface area (TPSA) is 44.4 Å². The van der Waals surface area contributed by atoms with E-state index in [1.165, 1.54) is 5.56 Å². The SMILES string of the molecule is c1ccc(CN2CCO[C@@H]3CN(Cc4ncc[nH]4)C[C@@H]32)cc1. The molecule has 0 radical (unpaired) electrons. The van der Waals surface area contributed by atoms with E-state index in [-0.39, 0.29) is 0 Å². The minimum absolute atomic E-state index is 0.326. The molecule has 2 aromatic rings.